The van der Waals surface area contributed by atoms with Gasteiger partial charge in [0.05, 0.1) is 39.7 Å². The molecule has 0 spiro atoms. The van der Waals surface area contributed by atoms with Gasteiger partial charge in [0, 0.05) is 5.56 Å². The Bertz CT molecular complexity index is 1420. The zero-order chi connectivity index (χ0) is 23.5. The van der Waals surface area contributed by atoms with Crippen molar-refractivity contribution in [1.29, 1.82) is 0 Å². The number of fused-ring (bicyclic) bond motifs is 1. The number of benzene rings is 1. The van der Waals surface area contributed by atoms with Gasteiger partial charge in [-0.1, -0.05) is 17.9 Å². The van der Waals surface area contributed by atoms with Crippen molar-refractivity contribution in [1.82, 2.24) is 14.5 Å². The highest BCUT2D eigenvalue weighted by atomic mass is 79.9. The number of carbonyl (C=O) groups is 1. The monoisotopic (exact) mass is 532 g/mol. The molecule has 1 saturated heterocycles. The predicted molar refractivity (Wildman–Crippen MR) is 126 cm³/mol. The fraction of sp³-hybridized carbons (Fsp3) is 0.348. The number of alkyl halides is 1. The van der Waals surface area contributed by atoms with Crippen LogP contribution in [0.4, 0.5) is 8.78 Å². The summed E-state index contributed by atoms with van der Waals surface area (Å²) in [5.74, 6) is 5.39. The molecule has 1 aliphatic heterocycles. The number of rotatable bonds is 3. The number of nitrogens with zero attached hydrogens (tertiary/aromatic N) is 3. The first-order chi connectivity index (χ1) is 15.6. The maximum Gasteiger partial charge on any atom is 0.263 e. The van der Waals surface area contributed by atoms with Crippen molar-refractivity contribution in [3.63, 3.8) is 0 Å². The minimum absolute atomic E-state index is 0.00411. The van der Waals surface area contributed by atoms with Crippen molar-refractivity contribution < 1.29 is 13.6 Å². The van der Waals surface area contributed by atoms with Gasteiger partial charge in [-0.15, -0.1) is 11.3 Å². The molecule has 0 atom stereocenters. The second kappa shape index (κ2) is 7.72. The van der Waals surface area contributed by atoms with Crippen LogP contribution in [0.2, 0.25) is 0 Å². The van der Waals surface area contributed by atoms with Crippen molar-refractivity contribution in [3.8, 4) is 23.0 Å². The molecule has 2 aromatic heterocycles. The lowest BCUT2D eigenvalue weighted by Gasteiger charge is -2.42. The van der Waals surface area contributed by atoms with Gasteiger partial charge in [-0.2, -0.15) is 0 Å². The standard InChI is InChI=1S/C23H19BrF2N4O2S/c1-22(26)10-30(11-22)17(31)9-29-12-28-20-19(21(29)32)18(13-2-3-15(25)14(24)8-13)16(33-20)4-5-23(27)6-7-23/h2-3,8,12H,6-7,9-11,27H2,1H3. The Balaban J connectivity index is 1.61. The molecule has 0 radical (unpaired) electrons. The summed E-state index contributed by atoms with van der Waals surface area (Å²) in [6.07, 6.45) is 2.94. The molecular formula is C23H19BrF2N4O2S. The van der Waals surface area contributed by atoms with Crippen molar-refractivity contribution >= 4 is 43.4 Å². The van der Waals surface area contributed by atoms with Crippen LogP contribution in [0.25, 0.3) is 21.3 Å². The lowest BCUT2D eigenvalue weighted by Crippen LogP contribution is -2.60. The zero-order valence-electron chi connectivity index (χ0n) is 17.6. The molecule has 2 aliphatic rings. The van der Waals surface area contributed by atoms with E-state index in [4.69, 9.17) is 5.73 Å². The molecule has 33 heavy (non-hydrogen) atoms. The van der Waals surface area contributed by atoms with Gasteiger partial charge in [0.15, 0.2) is 0 Å². The van der Waals surface area contributed by atoms with Crippen molar-refractivity contribution in [2.75, 3.05) is 13.1 Å². The number of halogens is 3. The fourth-order valence-electron chi connectivity index (χ4n) is 3.77. The van der Waals surface area contributed by atoms with E-state index in [1.54, 1.807) is 12.1 Å². The average molecular weight is 533 g/mol. The Morgan fingerprint density at radius 2 is 2.09 bits per heavy atom. The summed E-state index contributed by atoms with van der Waals surface area (Å²) >= 11 is 4.45. The molecule has 1 saturated carbocycles. The van der Waals surface area contributed by atoms with E-state index < -0.39 is 22.6 Å². The minimum Gasteiger partial charge on any atom is -0.335 e. The predicted octanol–water partition coefficient (Wildman–Crippen LogP) is 3.44. The number of hydrogen-bond acceptors (Lipinski definition) is 5. The second-order valence-electron chi connectivity index (χ2n) is 8.86. The van der Waals surface area contributed by atoms with Gasteiger partial charge in [0.1, 0.15) is 22.9 Å². The summed E-state index contributed by atoms with van der Waals surface area (Å²) in [6.45, 7) is 1.20. The molecule has 2 N–H and O–H groups in total. The highest BCUT2D eigenvalue weighted by Crippen LogP contribution is 2.38. The van der Waals surface area contributed by atoms with Crippen LogP contribution in [0, 0.1) is 17.7 Å². The Morgan fingerprint density at radius 3 is 2.73 bits per heavy atom. The van der Waals surface area contributed by atoms with Crippen LogP contribution in [0.5, 0.6) is 0 Å². The van der Waals surface area contributed by atoms with E-state index in [0.29, 0.717) is 26.2 Å². The van der Waals surface area contributed by atoms with Gasteiger partial charge in [-0.3, -0.25) is 14.2 Å². The number of thiophene rings is 1. The molecule has 10 heteroatoms. The van der Waals surface area contributed by atoms with Gasteiger partial charge in [0.25, 0.3) is 5.56 Å². The van der Waals surface area contributed by atoms with Crippen LogP contribution in [-0.4, -0.2) is 44.7 Å². The molecule has 1 aromatic carbocycles. The third kappa shape index (κ3) is 4.21. The summed E-state index contributed by atoms with van der Waals surface area (Å²) < 4.78 is 29.1. The highest BCUT2D eigenvalue weighted by molar-refractivity contribution is 9.10. The molecule has 2 fully saturated rings. The van der Waals surface area contributed by atoms with Crippen LogP contribution in [-0.2, 0) is 11.3 Å². The summed E-state index contributed by atoms with van der Waals surface area (Å²) in [5.41, 5.74) is 4.93. The number of nitrogens with two attached hydrogens (primary N) is 1. The molecule has 3 aromatic rings. The first kappa shape index (κ1) is 22.2. The number of likely N-dealkylation sites (tertiary alicyclic amines) is 1. The topological polar surface area (TPSA) is 81.2 Å². The second-order valence-corrected chi connectivity index (χ2v) is 10.7. The number of aromatic nitrogens is 2. The Morgan fingerprint density at radius 1 is 1.36 bits per heavy atom. The maximum atomic E-state index is 13.9. The van der Waals surface area contributed by atoms with Crippen molar-refractivity contribution in [3.05, 3.63) is 50.0 Å². The first-order valence-electron chi connectivity index (χ1n) is 10.3. The molecule has 3 heterocycles. The number of carbonyl (C=O) groups excluding carboxylic acids is 1. The maximum absolute atomic E-state index is 13.9. The molecule has 0 unspecified atom stereocenters. The van der Waals surface area contributed by atoms with Crippen LogP contribution in [0.15, 0.2) is 33.8 Å². The first-order valence-corrected chi connectivity index (χ1v) is 11.9. The van der Waals surface area contributed by atoms with Crippen LogP contribution >= 0.6 is 27.3 Å². The zero-order valence-corrected chi connectivity index (χ0v) is 20.0. The number of amides is 1. The molecule has 1 aliphatic carbocycles. The van der Waals surface area contributed by atoms with Gasteiger partial charge >= 0.3 is 0 Å². The largest absolute Gasteiger partial charge is 0.335 e. The van der Waals surface area contributed by atoms with Crippen molar-refractivity contribution in [2.45, 2.75) is 37.5 Å². The van der Waals surface area contributed by atoms with Gasteiger partial charge in [-0.25, -0.2) is 13.8 Å². The quantitative estimate of drug-likeness (QED) is 0.524. The Hall–Kier alpha value is -2.61. The highest BCUT2D eigenvalue weighted by Gasteiger charge is 2.41. The third-order valence-electron chi connectivity index (χ3n) is 5.80. The summed E-state index contributed by atoms with van der Waals surface area (Å²) in [7, 11) is 0. The average Bonchev–Trinajstić information content (AvgIpc) is 3.35. The van der Waals surface area contributed by atoms with E-state index in [1.165, 1.54) is 40.1 Å². The van der Waals surface area contributed by atoms with E-state index in [0.717, 1.165) is 12.8 Å². The molecule has 0 bridgehead atoms. The molecule has 6 nitrogen and oxygen atoms in total. The van der Waals surface area contributed by atoms with E-state index in [1.807, 2.05) is 0 Å². The molecule has 1 amide bonds. The molecule has 170 valence electrons. The normalized spacial score (nSPS) is 17.9. The summed E-state index contributed by atoms with van der Waals surface area (Å²) in [4.78, 5) is 32.8. The van der Waals surface area contributed by atoms with Gasteiger partial charge in [0.2, 0.25) is 5.91 Å². The lowest BCUT2D eigenvalue weighted by atomic mass is 9.99. The third-order valence-corrected chi connectivity index (χ3v) is 7.42. The summed E-state index contributed by atoms with van der Waals surface area (Å²) in [6, 6.07) is 4.47. The lowest BCUT2D eigenvalue weighted by molar-refractivity contribution is -0.144. The Kier molecular flexibility index (Phi) is 5.19. The van der Waals surface area contributed by atoms with E-state index in [2.05, 4.69) is 32.8 Å². The smallest absolute Gasteiger partial charge is 0.263 e. The Labute approximate surface area is 200 Å². The summed E-state index contributed by atoms with van der Waals surface area (Å²) in [5, 5.41) is 0.305. The van der Waals surface area contributed by atoms with E-state index in [-0.39, 0.29) is 30.0 Å². The van der Waals surface area contributed by atoms with Crippen LogP contribution < -0.4 is 11.3 Å². The van der Waals surface area contributed by atoms with E-state index >= 15 is 0 Å². The van der Waals surface area contributed by atoms with Gasteiger partial charge in [-0.05, 0) is 53.4 Å². The van der Waals surface area contributed by atoms with E-state index in [9.17, 15) is 18.4 Å². The molecular weight excluding hydrogens is 514 g/mol. The van der Waals surface area contributed by atoms with Crippen LogP contribution in [0.3, 0.4) is 0 Å². The SMILES string of the molecule is CC1(F)CN(C(=O)Cn2cnc3sc(C#CC4(N)CC4)c(-c4ccc(F)c(Br)c4)c3c2=O)C1. The van der Waals surface area contributed by atoms with Gasteiger partial charge < -0.3 is 10.6 Å². The number of hydrogen-bond donors (Lipinski definition) is 1. The minimum atomic E-state index is -1.39. The fourth-order valence-corrected chi connectivity index (χ4v) is 5.15. The molecule has 5 rings (SSSR count). The van der Waals surface area contributed by atoms with Crippen LogP contribution in [0.1, 0.15) is 24.6 Å². The van der Waals surface area contributed by atoms with Crippen molar-refractivity contribution in [2.24, 2.45) is 5.73 Å².